The predicted molar refractivity (Wildman–Crippen MR) is 102 cm³/mol. The Labute approximate surface area is 163 Å². The molecule has 1 aliphatic heterocycles. The van der Waals surface area contributed by atoms with Crippen LogP contribution in [0.4, 0.5) is 5.69 Å². The maximum Gasteiger partial charge on any atom is 0.231 e. The fourth-order valence-electron chi connectivity index (χ4n) is 3.34. The van der Waals surface area contributed by atoms with Crippen LogP contribution < -0.4 is 24.8 Å². The molecule has 2 amide bonds. The second kappa shape index (κ2) is 7.80. The molecule has 1 saturated carbocycles. The standard InChI is InChI=1S/C21H22N2O5/c1-26-17-5-3-2-4-13(17)8-9-22-20(24)15-11-16(15)21(25)23-14-6-7-18-19(10-14)28-12-27-18/h2-7,10,15-16H,8-9,11-12H2,1H3,(H,22,24)(H,23,25). The lowest BCUT2D eigenvalue weighted by Gasteiger charge is -2.09. The minimum Gasteiger partial charge on any atom is -0.496 e. The van der Waals surface area contributed by atoms with Crippen LogP contribution in [0.25, 0.3) is 0 Å². The molecule has 2 aromatic carbocycles. The molecule has 2 N–H and O–H groups in total. The fraction of sp³-hybridized carbons (Fsp3) is 0.333. The molecule has 0 radical (unpaired) electrons. The van der Waals surface area contributed by atoms with Gasteiger partial charge in [0.25, 0.3) is 0 Å². The van der Waals surface area contributed by atoms with Crippen molar-refractivity contribution >= 4 is 17.5 Å². The van der Waals surface area contributed by atoms with E-state index >= 15 is 0 Å². The number of carbonyl (C=O) groups excluding carboxylic acids is 2. The number of rotatable bonds is 7. The molecular formula is C21H22N2O5. The molecule has 4 rings (SSSR count). The minimum absolute atomic E-state index is 0.0827. The molecule has 0 aromatic heterocycles. The van der Waals surface area contributed by atoms with Crippen molar-refractivity contribution in [2.24, 2.45) is 11.8 Å². The Balaban J connectivity index is 1.24. The molecule has 0 saturated heterocycles. The normalized spacial score (nSPS) is 19.0. The van der Waals surface area contributed by atoms with Crippen molar-refractivity contribution in [2.75, 3.05) is 25.8 Å². The third-order valence-corrected chi connectivity index (χ3v) is 4.99. The molecular weight excluding hydrogens is 360 g/mol. The Morgan fingerprint density at radius 2 is 1.86 bits per heavy atom. The molecule has 2 atom stereocenters. The lowest BCUT2D eigenvalue weighted by molar-refractivity contribution is -0.125. The van der Waals surface area contributed by atoms with Crippen LogP contribution in [0.5, 0.6) is 17.2 Å². The molecule has 1 aliphatic carbocycles. The number of hydrogen-bond acceptors (Lipinski definition) is 5. The summed E-state index contributed by atoms with van der Waals surface area (Å²) in [6.45, 7) is 0.693. The summed E-state index contributed by atoms with van der Waals surface area (Å²) in [6, 6.07) is 13.0. The van der Waals surface area contributed by atoms with Gasteiger partial charge in [-0.2, -0.15) is 0 Å². The maximum absolute atomic E-state index is 12.4. The van der Waals surface area contributed by atoms with E-state index in [1.54, 1.807) is 25.3 Å². The zero-order valence-corrected chi connectivity index (χ0v) is 15.6. The zero-order chi connectivity index (χ0) is 19.5. The van der Waals surface area contributed by atoms with Gasteiger partial charge in [-0.1, -0.05) is 18.2 Å². The van der Waals surface area contributed by atoms with E-state index in [9.17, 15) is 9.59 Å². The van der Waals surface area contributed by atoms with Gasteiger partial charge in [-0.25, -0.2) is 0 Å². The summed E-state index contributed by atoms with van der Waals surface area (Å²) >= 11 is 0. The lowest BCUT2D eigenvalue weighted by Crippen LogP contribution is -2.29. The Morgan fingerprint density at radius 1 is 1.07 bits per heavy atom. The SMILES string of the molecule is COc1ccccc1CCNC(=O)C1CC1C(=O)Nc1ccc2c(c1)OCO2. The van der Waals surface area contributed by atoms with Gasteiger partial charge < -0.3 is 24.8 Å². The van der Waals surface area contributed by atoms with Crippen LogP contribution in [0.3, 0.4) is 0 Å². The highest BCUT2D eigenvalue weighted by Gasteiger charge is 2.47. The topological polar surface area (TPSA) is 85.9 Å². The van der Waals surface area contributed by atoms with Crippen LogP contribution in [-0.4, -0.2) is 32.3 Å². The molecule has 0 bridgehead atoms. The van der Waals surface area contributed by atoms with Crippen LogP contribution in [-0.2, 0) is 16.0 Å². The van der Waals surface area contributed by atoms with Crippen molar-refractivity contribution in [3.05, 3.63) is 48.0 Å². The molecule has 0 spiro atoms. The molecule has 2 aliphatic rings. The van der Waals surface area contributed by atoms with Gasteiger partial charge in [0.2, 0.25) is 18.6 Å². The number of amides is 2. The van der Waals surface area contributed by atoms with Crippen LogP contribution in [0, 0.1) is 11.8 Å². The first-order valence-electron chi connectivity index (χ1n) is 9.26. The van der Waals surface area contributed by atoms with E-state index in [-0.39, 0.29) is 30.4 Å². The highest BCUT2D eigenvalue weighted by atomic mass is 16.7. The second-order valence-corrected chi connectivity index (χ2v) is 6.86. The molecule has 7 nitrogen and oxygen atoms in total. The van der Waals surface area contributed by atoms with Crippen molar-refractivity contribution in [1.82, 2.24) is 5.32 Å². The van der Waals surface area contributed by atoms with Crippen molar-refractivity contribution in [1.29, 1.82) is 0 Å². The molecule has 1 heterocycles. The zero-order valence-electron chi connectivity index (χ0n) is 15.6. The smallest absolute Gasteiger partial charge is 0.231 e. The van der Waals surface area contributed by atoms with Gasteiger partial charge in [0.05, 0.1) is 18.9 Å². The summed E-state index contributed by atoms with van der Waals surface area (Å²) in [7, 11) is 1.63. The van der Waals surface area contributed by atoms with E-state index < -0.39 is 0 Å². The summed E-state index contributed by atoms with van der Waals surface area (Å²) < 4.78 is 15.9. The number of carbonyl (C=O) groups is 2. The lowest BCUT2D eigenvalue weighted by atomic mass is 10.1. The van der Waals surface area contributed by atoms with Gasteiger partial charge in [0.15, 0.2) is 11.5 Å². The Morgan fingerprint density at radius 3 is 2.71 bits per heavy atom. The molecule has 7 heteroatoms. The minimum atomic E-state index is -0.295. The first kappa shape index (κ1) is 18.2. The predicted octanol–water partition coefficient (Wildman–Crippen LogP) is 2.36. The van der Waals surface area contributed by atoms with Gasteiger partial charge in [0.1, 0.15) is 5.75 Å². The largest absolute Gasteiger partial charge is 0.496 e. The van der Waals surface area contributed by atoms with Gasteiger partial charge in [-0.15, -0.1) is 0 Å². The van der Waals surface area contributed by atoms with E-state index in [1.807, 2.05) is 24.3 Å². The van der Waals surface area contributed by atoms with E-state index in [1.165, 1.54) is 0 Å². The first-order valence-corrected chi connectivity index (χ1v) is 9.26. The second-order valence-electron chi connectivity index (χ2n) is 6.86. The third kappa shape index (κ3) is 3.88. The van der Waals surface area contributed by atoms with Gasteiger partial charge >= 0.3 is 0 Å². The fourth-order valence-corrected chi connectivity index (χ4v) is 3.34. The highest BCUT2D eigenvalue weighted by molar-refractivity contribution is 5.99. The molecule has 2 aromatic rings. The maximum atomic E-state index is 12.4. The van der Waals surface area contributed by atoms with Gasteiger partial charge in [-0.3, -0.25) is 9.59 Å². The molecule has 146 valence electrons. The number of ether oxygens (including phenoxy) is 3. The van der Waals surface area contributed by atoms with Crippen LogP contribution in [0.2, 0.25) is 0 Å². The molecule has 2 unspecified atom stereocenters. The van der Waals surface area contributed by atoms with E-state index in [4.69, 9.17) is 14.2 Å². The Hall–Kier alpha value is -3.22. The van der Waals surface area contributed by atoms with Crippen molar-refractivity contribution in [3.8, 4) is 17.2 Å². The monoisotopic (exact) mass is 382 g/mol. The molecule has 28 heavy (non-hydrogen) atoms. The Bertz CT molecular complexity index is 898. The average Bonchev–Trinajstić information content (AvgIpc) is 3.39. The van der Waals surface area contributed by atoms with Crippen LogP contribution >= 0.6 is 0 Å². The summed E-state index contributed by atoms with van der Waals surface area (Å²) in [5.41, 5.74) is 1.68. The van der Waals surface area contributed by atoms with E-state index in [0.717, 1.165) is 11.3 Å². The van der Waals surface area contributed by atoms with Gasteiger partial charge in [-0.05, 0) is 36.6 Å². The van der Waals surface area contributed by atoms with E-state index in [2.05, 4.69) is 10.6 Å². The van der Waals surface area contributed by atoms with E-state index in [0.29, 0.717) is 36.6 Å². The van der Waals surface area contributed by atoms with Gasteiger partial charge in [0, 0.05) is 18.3 Å². The summed E-state index contributed by atoms with van der Waals surface area (Å²) in [5, 5.41) is 5.76. The van der Waals surface area contributed by atoms with Crippen molar-refractivity contribution < 1.29 is 23.8 Å². The highest BCUT2D eigenvalue weighted by Crippen LogP contribution is 2.40. The van der Waals surface area contributed by atoms with Crippen LogP contribution in [0.15, 0.2) is 42.5 Å². The van der Waals surface area contributed by atoms with Crippen LogP contribution in [0.1, 0.15) is 12.0 Å². The number of hydrogen-bond donors (Lipinski definition) is 2. The number of methoxy groups -OCH3 is 1. The average molecular weight is 382 g/mol. The van der Waals surface area contributed by atoms with Crippen molar-refractivity contribution in [3.63, 3.8) is 0 Å². The molecule has 1 fully saturated rings. The van der Waals surface area contributed by atoms with Crippen molar-refractivity contribution in [2.45, 2.75) is 12.8 Å². The number of para-hydroxylation sites is 1. The summed E-state index contributed by atoms with van der Waals surface area (Å²) in [4.78, 5) is 24.7. The summed E-state index contributed by atoms with van der Waals surface area (Å²) in [5.74, 6) is 1.29. The number of nitrogens with one attached hydrogen (secondary N) is 2. The quantitative estimate of drug-likeness (QED) is 0.768. The Kier molecular flexibility index (Phi) is 5.06. The number of fused-ring (bicyclic) bond motifs is 1. The number of anilines is 1. The summed E-state index contributed by atoms with van der Waals surface area (Å²) in [6.07, 6.45) is 1.24. The third-order valence-electron chi connectivity index (χ3n) is 4.99. The first-order chi connectivity index (χ1) is 13.7. The number of benzene rings is 2.